The molecule has 1 rings (SSSR count). The number of sulfonamides is 1. The number of hydrogen-bond acceptors (Lipinski definition) is 3. The second kappa shape index (κ2) is 6.46. The van der Waals surface area contributed by atoms with Crippen molar-refractivity contribution in [3.8, 4) is 0 Å². The minimum Gasteiger partial charge on any atom is -0.325 e. The van der Waals surface area contributed by atoms with Crippen LogP contribution in [0, 0.1) is 5.82 Å². The first-order valence-corrected chi connectivity index (χ1v) is 7.11. The Labute approximate surface area is 105 Å². The Morgan fingerprint density at radius 1 is 1.39 bits per heavy atom. The Balaban J connectivity index is 2.48. The van der Waals surface area contributed by atoms with Crippen LogP contribution >= 0.6 is 0 Å². The molecule has 0 aliphatic carbocycles. The molecule has 0 radical (unpaired) electrons. The van der Waals surface area contributed by atoms with Gasteiger partial charge in [0, 0.05) is 5.69 Å². The summed E-state index contributed by atoms with van der Waals surface area (Å²) in [7, 11) is -3.41. The number of amides is 1. The van der Waals surface area contributed by atoms with Crippen molar-refractivity contribution in [1.29, 1.82) is 0 Å². The molecule has 0 saturated heterocycles. The largest absolute Gasteiger partial charge is 0.325 e. The van der Waals surface area contributed by atoms with E-state index in [-0.39, 0.29) is 18.0 Å². The van der Waals surface area contributed by atoms with Gasteiger partial charge in [-0.15, -0.1) is 0 Å². The lowest BCUT2D eigenvalue weighted by Crippen LogP contribution is -2.34. The van der Waals surface area contributed by atoms with Crippen LogP contribution in [-0.4, -0.2) is 26.6 Å². The molecule has 18 heavy (non-hydrogen) atoms. The molecule has 0 aliphatic rings. The summed E-state index contributed by atoms with van der Waals surface area (Å²) in [5.74, 6) is -1.04. The number of carbonyl (C=O) groups excluding carboxylic acids is 1. The number of benzene rings is 1. The van der Waals surface area contributed by atoms with Crippen molar-refractivity contribution in [1.82, 2.24) is 4.72 Å². The van der Waals surface area contributed by atoms with E-state index in [1.54, 1.807) is 6.92 Å². The van der Waals surface area contributed by atoms with E-state index < -0.39 is 21.7 Å². The summed E-state index contributed by atoms with van der Waals surface area (Å²) >= 11 is 0. The Bertz CT molecular complexity index is 517. The first-order chi connectivity index (χ1) is 8.43. The first kappa shape index (κ1) is 14.6. The number of hydrogen-bond donors (Lipinski definition) is 2. The van der Waals surface area contributed by atoms with Gasteiger partial charge < -0.3 is 5.32 Å². The molecule has 0 aliphatic heterocycles. The van der Waals surface area contributed by atoms with Gasteiger partial charge in [0.25, 0.3) is 0 Å². The fourth-order valence-corrected chi connectivity index (χ4v) is 2.32. The van der Waals surface area contributed by atoms with Crippen molar-refractivity contribution >= 4 is 21.6 Å². The lowest BCUT2D eigenvalue weighted by atomic mass is 10.3. The molecule has 2 N–H and O–H groups in total. The van der Waals surface area contributed by atoms with Gasteiger partial charge in [-0.2, -0.15) is 0 Å². The van der Waals surface area contributed by atoms with Crippen molar-refractivity contribution in [3.63, 3.8) is 0 Å². The molecule has 0 spiro atoms. The molecule has 0 atom stereocenters. The highest BCUT2D eigenvalue weighted by Crippen LogP contribution is 2.08. The van der Waals surface area contributed by atoms with E-state index in [1.807, 2.05) is 0 Å². The van der Waals surface area contributed by atoms with E-state index in [0.717, 1.165) is 6.07 Å². The molecule has 7 heteroatoms. The first-order valence-electron chi connectivity index (χ1n) is 5.45. The summed E-state index contributed by atoms with van der Waals surface area (Å²) in [4.78, 5) is 11.4. The lowest BCUT2D eigenvalue weighted by Gasteiger charge is -2.07. The fourth-order valence-electron chi connectivity index (χ4n) is 1.29. The molecule has 5 nitrogen and oxygen atoms in total. The molecular formula is C11H15FN2O3S. The standard InChI is InChI=1S/C11H15FN2O3S/c1-2-6-18(16,17)13-8-11(15)14-10-5-3-4-9(12)7-10/h3-5,7,13H,2,6,8H2,1H3,(H,14,15). The average Bonchev–Trinajstić information content (AvgIpc) is 2.26. The number of halogens is 1. The summed E-state index contributed by atoms with van der Waals surface area (Å²) in [6, 6.07) is 5.37. The Morgan fingerprint density at radius 3 is 2.72 bits per heavy atom. The van der Waals surface area contributed by atoms with Gasteiger partial charge >= 0.3 is 0 Å². The maximum atomic E-state index is 12.8. The van der Waals surface area contributed by atoms with Crippen LogP contribution in [0.4, 0.5) is 10.1 Å². The van der Waals surface area contributed by atoms with Gasteiger partial charge in [-0.05, 0) is 24.6 Å². The summed E-state index contributed by atoms with van der Waals surface area (Å²) in [5, 5.41) is 2.39. The van der Waals surface area contributed by atoms with Gasteiger partial charge in [-0.1, -0.05) is 13.0 Å². The average molecular weight is 274 g/mol. The monoisotopic (exact) mass is 274 g/mol. The van der Waals surface area contributed by atoms with E-state index in [9.17, 15) is 17.6 Å². The number of anilines is 1. The van der Waals surface area contributed by atoms with Crippen LogP contribution in [0.25, 0.3) is 0 Å². The van der Waals surface area contributed by atoms with Gasteiger partial charge in [0.1, 0.15) is 5.82 Å². The maximum Gasteiger partial charge on any atom is 0.239 e. The summed E-state index contributed by atoms with van der Waals surface area (Å²) in [6.07, 6.45) is 0.473. The van der Waals surface area contributed by atoms with E-state index in [1.165, 1.54) is 18.2 Å². The van der Waals surface area contributed by atoms with E-state index in [0.29, 0.717) is 6.42 Å². The minimum absolute atomic E-state index is 0.0275. The van der Waals surface area contributed by atoms with Gasteiger partial charge in [0.15, 0.2) is 0 Å². The number of nitrogens with one attached hydrogen (secondary N) is 2. The van der Waals surface area contributed by atoms with Crippen molar-refractivity contribution in [2.45, 2.75) is 13.3 Å². The maximum absolute atomic E-state index is 12.8. The van der Waals surface area contributed by atoms with E-state index >= 15 is 0 Å². The number of rotatable bonds is 6. The fraction of sp³-hybridized carbons (Fsp3) is 0.364. The Hall–Kier alpha value is -1.47. The second-order valence-corrected chi connectivity index (χ2v) is 5.62. The van der Waals surface area contributed by atoms with Crippen LogP contribution in [0.15, 0.2) is 24.3 Å². The topological polar surface area (TPSA) is 75.3 Å². The SMILES string of the molecule is CCCS(=O)(=O)NCC(=O)Nc1cccc(F)c1. The van der Waals surface area contributed by atoms with Crippen molar-refractivity contribution in [2.75, 3.05) is 17.6 Å². The molecule has 0 saturated carbocycles. The minimum atomic E-state index is -3.41. The van der Waals surface area contributed by atoms with Crippen LogP contribution in [0.3, 0.4) is 0 Å². The Kier molecular flexibility index (Phi) is 5.24. The van der Waals surface area contributed by atoms with E-state index in [2.05, 4.69) is 10.0 Å². The van der Waals surface area contributed by atoms with Gasteiger partial charge in [-0.25, -0.2) is 17.5 Å². The predicted octanol–water partition coefficient (Wildman–Crippen LogP) is 1.09. The quantitative estimate of drug-likeness (QED) is 0.815. The summed E-state index contributed by atoms with van der Waals surface area (Å²) < 4.78 is 37.6. The highest BCUT2D eigenvalue weighted by Gasteiger charge is 2.11. The smallest absolute Gasteiger partial charge is 0.239 e. The van der Waals surface area contributed by atoms with E-state index in [4.69, 9.17) is 0 Å². The molecule has 1 aromatic carbocycles. The van der Waals surface area contributed by atoms with Crippen LogP contribution in [0.1, 0.15) is 13.3 Å². The molecule has 100 valence electrons. The van der Waals surface area contributed by atoms with Gasteiger partial charge in [0.05, 0.1) is 12.3 Å². The van der Waals surface area contributed by atoms with Crippen LogP contribution in [0.5, 0.6) is 0 Å². The molecule has 1 amide bonds. The zero-order chi connectivity index (χ0) is 13.6. The summed E-state index contributed by atoms with van der Waals surface area (Å²) in [6.45, 7) is 1.37. The van der Waals surface area contributed by atoms with Crippen LogP contribution in [0.2, 0.25) is 0 Å². The zero-order valence-electron chi connectivity index (χ0n) is 9.94. The molecule has 0 fully saturated rings. The molecule has 0 heterocycles. The van der Waals surface area contributed by atoms with Crippen molar-refractivity contribution in [2.24, 2.45) is 0 Å². The third kappa shape index (κ3) is 5.24. The highest BCUT2D eigenvalue weighted by molar-refractivity contribution is 7.89. The molecular weight excluding hydrogens is 259 g/mol. The highest BCUT2D eigenvalue weighted by atomic mass is 32.2. The predicted molar refractivity (Wildman–Crippen MR) is 67.1 cm³/mol. The second-order valence-electron chi connectivity index (χ2n) is 3.70. The molecule has 0 aromatic heterocycles. The molecule has 1 aromatic rings. The summed E-state index contributed by atoms with van der Waals surface area (Å²) in [5.41, 5.74) is 0.287. The Morgan fingerprint density at radius 2 is 2.11 bits per heavy atom. The molecule has 0 unspecified atom stereocenters. The van der Waals surface area contributed by atoms with Crippen LogP contribution in [-0.2, 0) is 14.8 Å². The third-order valence-electron chi connectivity index (χ3n) is 2.03. The zero-order valence-corrected chi connectivity index (χ0v) is 10.8. The third-order valence-corrected chi connectivity index (χ3v) is 3.56. The van der Waals surface area contributed by atoms with Crippen LogP contribution < -0.4 is 10.0 Å². The lowest BCUT2D eigenvalue weighted by molar-refractivity contribution is -0.115. The van der Waals surface area contributed by atoms with Gasteiger partial charge in [-0.3, -0.25) is 4.79 Å². The molecule has 0 bridgehead atoms. The normalized spacial score (nSPS) is 11.2. The van der Waals surface area contributed by atoms with Gasteiger partial charge in [0.2, 0.25) is 15.9 Å². The number of carbonyl (C=O) groups is 1. The van der Waals surface area contributed by atoms with Crippen molar-refractivity contribution in [3.05, 3.63) is 30.1 Å². The van der Waals surface area contributed by atoms with Crippen molar-refractivity contribution < 1.29 is 17.6 Å².